The molecule has 0 atom stereocenters. The van der Waals surface area contributed by atoms with E-state index in [1.807, 2.05) is 5.06 Å². The maximum atomic E-state index is 13.1. The van der Waals surface area contributed by atoms with Gasteiger partial charge in [-0.3, -0.25) is 0 Å². The molecule has 136 valence electrons. The summed E-state index contributed by atoms with van der Waals surface area (Å²) < 4.78 is 39.2. The maximum absolute atomic E-state index is 13.1. The zero-order chi connectivity index (χ0) is 18.0. The van der Waals surface area contributed by atoms with Gasteiger partial charge in [0.25, 0.3) is 0 Å². The molecule has 1 aliphatic heterocycles. The number of piperidine rings is 1. The van der Waals surface area contributed by atoms with E-state index in [1.165, 1.54) is 18.2 Å². The molecule has 2 heterocycles. The van der Waals surface area contributed by atoms with Gasteiger partial charge in [0.15, 0.2) is 0 Å². The van der Waals surface area contributed by atoms with E-state index < -0.39 is 12.0 Å². The molecule has 1 aromatic heterocycles. The number of nitrogens with zero attached hydrogens (tertiary/aromatic N) is 3. The van der Waals surface area contributed by atoms with Crippen LogP contribution < -0.4 is 0 Å². The van der Waals surface area contributed by atoms with Crippen LogP contribution in [-0.2, 0) is 17.4 Å². The van der Waals surface area contributed by atoms with Crippen molar-refractivity contribution in [3.63, 3.8) is 0 Å². The lowest BCUT2D eigenvalue weighted by Gasteiger charge is -2.30. The van der Waals surface area contributed by atoms with Gasteiger partial charge in [0, 0.05) is 13.1 Å². The van der Waals surface area contributed by atoms with Gasteiger partial charge in [-0.25, -0.2) is 9.97 Å². The van der Waals surface area contributed by atoms with Crippen molar-refractivity contribution < 1.29 is 23.1 Å². The molecule has 0 aliphatic carbocycles. The van der Waals surface area contributed by atoms with Crippen molar-refractivity contribution in [1.29, 1.82) is 0 Å². The van der Waals surface area contributed by atoms with Crippen LogP contribution >= 0.6 is 0 Å². The number of phenolic OH excluding ortho intramolecular Hbond substituents is 1. The fraction of sp³-hybridized carbons (Fsp3) is 0.529. The number of fused-ring (bicyclic) bond motifs is 1. The lowest BCUT2D eigenvalue weighted by Crippen LogP contribution is -2.32. The molecule has 1 aromatic carbocycles. The molecular weight excluding hydrogens is 335 g/mol. The Kier molecular flexibility index (Phi) is 5.10. The molecule has 1 saturated heterocycles. The van der Waals surface area contributed by atoms with Crippen LogP contribution in [-0.4, -0.2) is 40.3 Å². The summed E-state index contributed by atoms with van der Waals surface area (Å²) in [5.74, 6) is -0.846. The highest BCUT2D eigenvalue weighted by Crippen LogP contribution is 2.33. The minimum atomic E-state index is -4.61. The number of halogens is 3. The number of phenols is 1. The Bertz CT molecular complexity index is 744. The van der Waals surface area contributed by atoms with Gasteiger partial charge in [-0.15, -0.1) is 0 Å². The summed E-state index contributed by atoms with van der Waals surface area (Å²) in [4.78, 5) is 12.5. The largest absolute Gasteiger partial charge is 0.507 e. The number of hydrogen-bond acceptors (Lipinski definition) is 5. The highest BCUT2D eigenvalue weighted by molar-refractivity contribution is 5.87. The SMILES string of the molecule is CON1CCC(CCc2nc(C(F)(F)F)nc3cccc(O)c23)CC1. The van der Waals surface area contributed by atoms with E-state index in [9.17, 15) is 18.3 Å². The third kappa shape index (κ3) is 4.01. The first-order valence-corrected chi connectivity index (χ1v) is 8.23. The van der Waals surface area contributed by atoms with Crippen molar-refractivity contribution in [2.24, 2.45) is 5.92 Å². The maximum Gasteiger partial charge on any atom is 0.451 e. The third-order valence-electron chi connectivity index (χ3n) is 4.65. The van der Waals surface area contributed by atoms with Crippen LogP contribution in [0.1, 0.15) is 30.8 Å². The lowest BCUT2D eigenvalue weighted by atomic mass is 9.91. The van der Waals surface area contributed by atoms with Gasteiger partial charge in [0.05, 0.1) is 23.7 Å². The number of benzene rings is 1. The Balaban J connectivity index is 1.84. The first-order chi connectivity index (χ1) is 11.9. The zero-order valence-electron chi connectivity index (χ0n) is 13.9. The molecule has 0 unspecified atom stereocenters. The Labute approximate surface area is 143 Å². The molecule has 1 aliphatic rings. The number of rotatable bonds is 4. The van der Waals surface area contributed by atoms with Crippen molar-refractivity contribution in [2.75, 3.05) is 20.2 Å². The van der Waals surface area contributed by atoms with Gasteiger partial charge in [-0.1, -0.05) is 6.07 Å². The summed E-state index contributed by atoms with van der Waals surface area (Å²) in [6.45, 7) is 1.62. The molecule has 0 saturated carbocycles. The number of aryl methyl sites for hydroxylation is 1. The van der Waals surface area contributed by atoms with Crippen molar-refractivity contribution in [3.05, 3.63) is 29.7 Å². The number of alkyl halides is 3. The van der Waals surface area contributed by atoms with Gasteiger partial charge in [0.2, 0.25) is 5.82 Å². The number of hydroxylamine groups is 2. The molecule has 8 heteroatoms. The van der Waals surface area contributed by atoms with E-state index in [0.29, 0.717) is 17.7 Å². The van der Waals surface area contributed by atoms with E-state index in [-0.39, 0.29) is 17.0 Å². The summed E-state index contributed by atoms with van der Waals surface area (Å²) in [5, 5.41) is 12.3. The minimum Gasteiger partial charge on any atom is -0.507 e. The average molecular weight is 355 g/mol. The number of aromatic hydroxyl groups is 1. The molecule has 3 rings (SSSR count). The van der Waals surface area contributed by atoms with Crippen LogP contribution in [0.25, 0.3) is 10.9 Å². The zero-order valence-corrected chi connectivity index (χ0v) is 13.9. The van der Waals surface area contributed by atoms with E-state index >= 15 is 0 Å². The van der Waals surface area contributed by atoms with Gasteiger partial charge in [0.1, 0.15) is 5.75 Å². The van der Waals surface area contributed by atoms with Crippen molar-refractivity contribution in [2.45, 2.75) is 31.9 Å². The Hall–Kier alpha value is -1.93. The smallest absolute Gasteiger partial charge is 0.451 e. The van der Waals surface area contributed by atoms with Gasteiger partial charge < -0.3 is 9.94 Å². The molecule has 5 nitrogen and oxygen atoms in total. The predicted octanol–water partition coefficient (Wildman–Crippen LogP) is 3.56. The van der Waals surface area contributed by atoms with Gasteiger partial charge in [-0.05, 0) is 43.7 Å². The monoisotopic (exact) mass is 355 g/mol. The van der Waals surface area contributed by atoms with E-state index in [0.717, 1.165) is 32.4 Å². The standard InChI is InChI=1S/C17H20F3N3O2/c1-25-23-9-7-11(8-10-23)5-6-13-15-12(3-2-4-14(15)24)21-16(22-13)17(18,19)20/h2-4,11,24H,5-10H2,1H3. The summed E-state index contributed by atoms with van der Waals surface area (Å²) in [6, 6.07) is 4.39. The normalized spacial score (nSPS) is 17.3. The first kappa shape index (κ1) is 17.9. The Morgan fingerprint density at radius 2 is 1.96 bits per heavy atom. The molecule has 1 fully saturated rings. The van der Waals surface area contributed by atoms with Crippen LogP contribution in [0.15, 0.2) is 18.2 Å². The fourth-order valence-corrected chi connectivity index (χ4v) is 3.27. The molecule has 0 radical (unpaired) electrons. The molecule has 2 aromatic rings. The second kappa shape index (κ2) is 7.13. The highest BCUT2D eigenvalue weighted by Gasteiger charge is 2.35. The van der Waals surface area contributed by atoms with Crippen molar-refractivity contribution in [3.8, 4) is 5.75 Å². The van der Waals surface area contributed by atoms with E-state index in [2.05, 4.69) is 9.97 Å². The third-order valence-corrected chi connectivity index (χ3v) is 4.65. The number of aromatic nitrogens is 2. The van der Waals surface area contributed by atoms with Crippen LogP contribution in [0.2, 0.25) is 0 Å². The molecule has 1 N–H and O–H groups in total. The molecule has 25 heavy (non-hydrogen) atoms. The van der Waals surface area contributed by atoms with Crippen LogP contribution in [0.5, 0.6) is 5.75 Å². The van der Waals surface area contributed by atoms with E-state index in [4.69, 9.17) is 4.84 Å². The Morgan fingerprint density at radius 1 is 1.24 bits per heavy atom. The van der Waals surface area contributed by atoms with Gasteiger partial charge in [-0.2, -0.15) is 18.2 Å². The molecule has 0 bridgehead atoms. The molecule has 0 amide bonds. The Morgan fingerprint density at radius 3 is 2.60 bits per heavy atom. The first-order valence-electron chi connectivity index (χ1n) is 8.23. The summed E-state index contributed by atoms with van der Waals surface area (Å²) in [7, 11) is 1.63. The van der Waals surface area contributed by atoms with Crippen LogP contribution in [0.4, 0.5) is 13.2 Å². The lowest BCUT2D eigenvalue weighted by molar-refractivity contribution is -0.148. The average Bonchev–Trinajstić information content (AvgIpc) is 2.59. The molecule has 0 spiro atoms. The fourth-order valence-electron chi connectivity index (χ4n) is 3.27. The topological polar surface area (TPSA) is 58.5 Å². The quantitative estimate of drug-likeness (QED) is 0.909. The predicted molar refractivity (Wildman–Crippen MR) is 85.8 cm³/mol. The summed E-state index contributed by atoms with van der Waals surface area (Å²) in [5.41, 5.74) is 0.371. The van der Waals surface area contributed by atoms with Crippen LogP contribution in [0, 0.1) is 5.92 Å². The van der Waals surface area contributed by atoms with Crippen LogP contribution in [0.3, 0.4) is 0 Å². The number of hydrogen-bond donors (Lipinski definition) is 1. The van der Waals surface area contributed by atoms with Crippen molar-refractivity contribution in [1.82, 2.24) is 15.0 Å². The summed E-state index contributed by atoms with van der Waals surface area (Å²) in [6.07, 6.45) is -1.67. The second-order valence-electron chi connectivity index (χ2n) is 6.26. The summed E-state index contributed by atoms with van der Waals surface area (Å²) >= 11 is 0. The van der Waals surface area contributed by atoms with Crippen molar-refractivity contribution >= 4 is 10.9 Å². The van der Waals surface area contributed by atoms with Gasteiger partial charge >= 0.3 is 6.18 Å². The molecular formula is C17H20F3N3O2. The highest BCUT2D eigenvalue weighted by atomic mass is 19.4. The van der Waals surface area contributed by atoms with E-state index in [1.54, 1.807) is 7.11 Å². The minimum absolute atomic E-state index is 0.0876. The second-order valence-corrected chi connectivity index (χ2v) is 6.26.